The molecule has 0 saturated carbocycles. The largest absolute Gasteiger partial charge is 0.381 e. The average molecular weight is 237 g/mol. The summed E-state index contributed by atoms with van der Waals surface area (Å²) in [5.74, 6) is 0.706. The normalized spacial score (nSPS) is 20.1. The van der Waals surface area contributed by atoms with Crippen LogP contribution in [0.25, 0.3) is 0 Å². The summed E-state index contributed by atoms with van der Waals surface area (Å²) >= 11 is 0. The Morgan fingerprint density at radius 2 is 2.24 bits per heavy atom. The van der Waals surface area contributed by atoms with Gasteiger partial charge in [0, 0.05) is 25.4 Å². The molecule has 96 valence electrons. The van der Waals surface area contributed by atoms with E-state index in [0.717, 1.165) is 38.5 Å². The zero-order valence-corrected chi connectivity index (χ0v) is 11.1. The third-order valence-electron chi connectivity index (χ3n) is 3.70. The first-order valence-electron chi connectivity index (χ1n) is 6.47. The second-order valence-electron chi connectivity index (χ2n) is 4.95. The van der Waals surface area contributed by atoms with Crippen molar-refractivity contribution in [2.75, 3.05) is 26.3 Å². The van der Waals surface area contributed by atoms with E-state index in [9.17, 15) is 0 Å². The molecule has 1 fully saturated rings. The van der Waals surface area contributed by atoms with Crippen LogP contribution in [0.15, 0.2) is 0 Å². The Hall–Kier alpha value is -0.870. The van der Waals surface area contributed by atoms with Crippen LogP contribution < -0.4 is 5.32 Å². The Labute approximate surface area is 103 Å². The van der Waals surface area contributed by atoms with Crippen molar-refractivity contribution in [3.05, 3.63) is 17.0 Å². The number of aromatic nitrogens is 2. The summed E-state index contributed by atoms with van der Waals surface area (Å²) in [7, 11) is 0. The topological polar surface area (TPSA) is 39.1 Å². The summed E-state index contributed by atoms with van der Waals surface area (Å²) in [6.45, 7) is 11.2. The van der Waals surface area contributed by atoms with Gasteiger partial charge in [0.25, 0.3) is 0 Å². The second kappa shape index (κ2) is 5.65. The number of hydrogen-bond donors (Lipinski definition) is 1. The molecule has 1 aromatic rings. The Balaban J connectivity index is 1.72. The maximum Gasteiger partial charge on any atom is 0.0625 e. The molecule has 1 aromatic heterocycles. The summed E-state index contributed by atoms with van der Waals surface area (Å²) in [5.41, 5.74) is 3.74. The van der Waals surface area contributed by atoms with Crippen molar-refractivity contribution in [1.82, 2.24) is 15.1 Å². The maximum atomic E-state index is 5.35. The number of hydrogen-bond acceptors (Lipinski definition) is 3. The first-order valence-corrected chi connectivity index (χ1v) is 6.47. The van der Waals surface area contributed by atoms with E-state index in [1.54, 1.807) is 0 Å². The number of rotatable bonds is 5. The van der Waals surface area contributed by atoms with Gasteiger partial charge < -0.3 is 10.1 Å². The van der Waals surface area contributed by atoms with E-state index in [-0.39, 0.29) is 0 Å². The van der Waals surface area contributed by atoms with Crippen LogP contribution in [0.5, 0.6) is 0 Å². The first-order chi connectivity index (χ1) is 8.18. The molecule has 0 radical (unpaired) electrons. The third-order valence-corrected chi connectivity index (χ3v) is 3.70. The Kier molecular flexibility index (Phi) is 4.18. The fourth-order valence-corrected chi connectivity index (χ4v) is 2.24. The van der Waals surface area contributed by atoms with Crippen LogP contribution in [-0.4, -0.2) is 36.1 Å². The van der Waals surface area contributed by atoms with E-state index >= 15 is 0 Å². The van der Waals surface area contributed by atoms with Crippen LogP contribution in [0.2, 0.25) is 0 Å². The monoisotopic (exact) mass is 237 g/mol. The van der Waals surface area contributed by atoms with Gasteiger partial charge in [0.2, 0.25) is 0 Å². The molecular weight excluding hydrogens is 214 g/mol. The smallest absolute Gasteiger partial charge is 0.0625 e. The van der Waals surface area contributed by atoms with E-state index < -0.39 is 0 Å². The van der Waals surface area contributed by atoms with E-state index in [2.05, 4.69) is 35.9 Å². The third kappa shape index (κ3) is 3.07. The first kappa shape index (κ1) is 12.6. The molecule has 17 heavy (non-hydrogen) atoms. The molecule has 2 heterocycles. The SMILES string of the molecule is Cc1nn(CCNCC2CCOC2)c(C)c1C. The molecule has 0 aromatic carbocycles. The van der Waals surface area contributed by atoms with Crippen LogP contribution in [-0.2, 0) is 11.3 Å². The predicted molar refractivity (Wildman–Crippen MR) is 68.2 cm³/mol. The molecule has 1 aliphatic heterocycles. The molecule has 0 spiro atoms. The van der Waals surface area contributed by atoms with Crippen LogP contribution in [0.1, 0.15) is 23.4 Å². The lowest BCUT2D eigenvalue weighted by atomic mass is 10.1. The van der Waals surface area contributed by atoms with Crippen LogP contribution in [0, 0.1) is 26.7 Å². The molecule has 0 aliphatic carbocycles. The molecule has 0 bridgehead atoms. The van der Waals surface area contributed by atoms with Crippen LogP contribution in [0.3, 0.4) is 0 Å². The van der Waals surface area contributed by atoms with Gasteiger partial charge in [-0.25, -0.2) is 0 Å². The lowest BCUT2D eigenvalue weighted by Crippen LogP contribution is -2.27. The number of nitrogens with one attached hydrogen (secondary N) is 1. The van der Waals surface area contributed by atoms with E-state index in [1.165, 1.54) is 17.7 Å². The van der Waals surface area contributed by atoms with Crippen molar-refractivity contribution in [2.24, 2.45) is 5.92 Å². The minimum Gasteiger partial charge on any atom is -0.381 e. The zero-order chi connectivity index (χ0) is 12.3. The van der Waals surface area contributed by atoms with E-state index in [1.807, 2.05) is 0 Å². The standard InChI is InChI=1S/C13H23N3O/c1-10-11(2)15-16(12(10)3)6-5-14-8-13-4-7-17-9-13/h13-14H,4-9H2,1-3H3. The molecule has 1 N–H and O–H groups in total. The van der Waals surface area contributed by atoms with Gasteiger partial charge >= 0.3 is 0 Å². The van der Waals surface area contributed by atoms with Crippen molar-refractivity contribution < 1.29 is 4.74 Å². The lowest BCUT2D eigenvalue weighted by molar-refractivity contribution is 0.185. The minimum absolute atomic E-state index is 0.706. The summed E-state index contributed by atoms with van der Waals surface area (Å²) in [6, 6.07) is 0. The van der Waals surface area contributed by atoms with Crippen LogP contribution in [0.4, 0.5) is 0 Å². The fourth-order valence-electron chi connectivity index (χ4n) is 2.24. The van der Waals surface area contributed by atoms with Gasteiger partial charge in [0.15, 0.2) is 0 Å². The van der Waals surface area contributed by atoms with Gasteiger partial charge in [-0.2, -0.15) is 5.10 Å². The van der Waals surface area contributed by atoms with Gasteiger partial charge in [0.1, 0.15) is 0 Å². The quantitative estimate of drug-likeness (QED) is 0.788. The molecule has 2 rings (SSSR count). The van der Waals surface area contributed by atoms with Crippen molar-refractivity contribution in [3.63, 3.8) is 0 Å². The van der Waals surface area contributed by atoms with Crippen molar-refractivity contribution >= 4 is 0 Å². The summed E-state index contributed by atoms with van der Waals surface area (Å²) < 4.78 is 7.45. The number of nitrogens with zero attached hydrogens (tertiary/aromatic N) is 2. The molecule has 0 amide bonds. The van der Waals surface area contributed by atoms with Gasteiger partial charge in [0.05, 0.1) is 18.8 Å². The molecule has 1 unspecified atom stereocenters. The highest BCUT2D eigenvalue weighted by Crippen LogP contribution is 2.11. The average Bonchev–Trinajstić information content (AvgIpc) is 2.90. The summed E-state index contributed by atoms with van der Waals surface area (Å²) in [4.78, 5) is 0. The minimum atomic E-state index is 0.706. The lowest BCUT2D eigenvalue weighted by Gasteiger charge is -2.10. The second-order valence-corrected chi connectivity index (χ2v) is 4.95. The van der Waals surface area contributed by atoms with Gasteiger partial charge in [-0.3, -0.25) is 4.68 Å². The molecule has 1 atom stereocenters. The van der Waals surface area contributed by atoms with Gasteiger partial charge in [-0.15, -0.1) is 0 Å². The zero-order valence-electron chi connectivity index (χ0n) is 11.1. The van der Waals surface area contributed by atoms with Crippen molar-refractivity contribution in [1.29, 1.82) is 0 Å². The van der Waals surface area contributed by atoms with Gasteiger partial charge in [-0.05, 0) is 38.7 Å². The summed E-state index contributed by atoms with van der Waals surface area (Å²) in [5, 5.41) is 8.02. The van der Waals surface area contributed by atoms with Crippen molar-refractivity contribution in [3.8, 4) is 0 Å². The predicted octanol–water partition coefficient (Wildman–Crippen LogP) is 1.43. The number of aryl methyl sites for hydroxylation is 1. The highest BCUT2D eigenvalue weighted by atomic mass is 16.5. The highest BCUT2D eigenvalue weighted by Gasteiger charge is 2.14. The Morgan fingerprint density at radius 1 is 1.41 bits per heavy atom. The maximum absolute atomic E-state index is 5.35. The molecular formula is C13H23N3O. The molecule has 1 aliphatic rings. The molecule has 1 saturated heterocycles. The fraction of sp³-hybridized carbons (Fsp3) is 0.769. The summed E-state index contributed by atoms with van der Waals surface area (Å²) in [6.07, 6.45) is 1.20. The molecule has 4 nitrogen and oxygen atoms in total. The van der Waals surface area contributed by atoms with E-state index in [0.29, 0.717) is 5.92 Å². The number of ether oxygens (including phenoxy) is 1. The van der Waals surface area contributed by atoms with Gasteiger partial charge in [-0.1, -0.05) is 0 Å². The Bertz CT molecular complexity index is 367. The highest BCUT2D eigenvalue weighted by molar-refractivity contribution is 5.22. The Morgan fingerprint density at radius 3 is 2.82 bits per heavy atom. The van der Waals surface area contributed by atoms with Crippen LogP contribution >= 0.6 is 0 Å². The molecule has 4 heteroatoms. The van der Waals surface area contributed by atoms with E-state index in [4.69, 9.17) is 4.74 Å². The van der Waals surface area contributed by atoms with Crippen molar-refractivity contribution in [2.45, 2.75) is 33.7 Å².